The molecule has 46 heavy (non-hydrogen) atoms. The van der Waals surface area contributed by atoms with Crippen molar-refractivity contribution in [3.05, 3.63) is 168 Å². The summed E-state index contributed by atoms with van der Waals surface area (Å²) in [5.74, 6) is 0. The smallest absolute Gasteiger partial charge is 0.136 e. The number of hydrogen-bond acceptors (Lipinski definition) is 4. The largest absolute Gasteiger partial charge is 0.456 e. The summed E-state index contributed by atoms with van der Waals surface area (Å²) >= 11 is 0. The molecular formula is C41H26N4O. The number of nitriles is 1. The molecule has 0 atom stereocenters. The van der Waals surface area contributed by atoms with Crippen molar-refractivity contribution in [1.82, 2.24) is 4.57 Å². The van der Waals surface area contributed by atoms with E-state index in [0.29, 0.717) is 17.0 Å². The third-order valence-electron chi connectivity index (χ3n) is 8.31. The summed E-state index contributed by atoms with van der Waals surface area (Å²) in [4.78, 5) is 4.88. The Hall–Kier alpha value is -6.51. The number of nitrogens with one attached hydrogen (secondary N) is 1. The number of aromatic nitrogens is 1. The monoisotopic (exact) mass is 590 g/mol. The molecule has 0 amide bonds. The van der Waals surface area contributed by atoms with Gasteiger partial charge in [-0.15, -0.1) is 0 Å². The average Bonchev–Trinajstić information content (AvgIpc) is 3.64. The molecule has 0 spiro atoms. The number of allylic oxidation sites excluding steroid dienone is 1. The molecule has 8 rings (SSSR count). The molecule has 2 aromatic heterocycles. The van der Waals surface area contributed by atoms with Crippen LogP contribution in [-0.4, -0.2) is 16.5 Å². The zero-order valence-corrected chi connectivity index (χ0v) is 24.7. The first-order chi connectivity index (χ1) is 22.7. The second-order valence-corrected chi connectivity index (χ2v) is 11.2. The molecule has 0 saturated heterocycles. The highest BCUT2D eigenvalue weighted by Crippen LogP contribution is 2.38. The number of rotatable bonds is 6. The van der Waals surface area contributed by atoms with Crippen LogP contribution in [0.2, 0.25) is 0 Å². The Morgan fingerprint density at radius 1 is 0.652 bits per heavy atom. The third-order valence-corrected chi connectivity index (χ3v) is 8.31. The molecule has 216 valence electrons. The minimum absolute atomic E-state index is 0.340. The summed E-state index contributed by atoms with van der Waals surface area (Å²) in [7, 11) is 0. The van der Waals surface area contributed by atoms with E-state index in [1.54, 1.807) is 18.2 Å². The summed E-state index contributed by atoms with van der Waals surface area (Å²) in [6, 6.07) is 48.4. The Bertz CT molecular complexity index is 2560. The summed E-state index contributed by atoms with van der Waals surface area (Å²) in [5, 5.41) is 22.7. The van der Waals surface area contributed by atoms with Gasteiger partial charge in [-0.3, -0.25) is 4.99 Å². The van der Waals surface area contributed by atoms with Crippen LogP contribution in [0.3, 0.4) is 0 Å². The summed E-state index contributed by atoms with van der Waals surface area (Å²) < 4.78 is 8.53. The molecule has 2 heterocycles. The van der Waals surface area contributed by atoms with Crippen LogP contribution < -0.4 is 0 Å². The van der Waals surface area contributed by atoms with Crippen LogP contribution in [0.5, 0.6) is 0 Å². The number of fused-ring (bicyclic) bond motifs is 6. The summed E-state index contributed by atoms with van der Waals surface area (Å²) in [5.41, 5.74) is 8.91. The Balaban J connectivity index is 1.25. The lowest BCUT2D eigenvalue weighted by atomic mass is 10.0. The van der Waals surface area contributed by atoms with Gasteiger partial charge in [0.15, 0.2) is 0 Å². The van der Waals surface area contributed by atoms with E-state index in [9.17, 15) is 5.26 Å². The van der Waals surface area contributed by atoms with E-state index in [0.717, 1.165) is 66.1 Å². The lowest BCUT2D eigenvalue weighted by Gasteiger charge is -2.09. The second-order valence-electron chi connectivity index (χ2n) is 11.2. The van der Waals surface area contributed by atoms with Crippen molar-refractivity contribution in [1.29, 1.82) is 10.7 Å². The van der Waals surface area contributed by atoms with Crippen LogP contribution in [0.1, 0.15) is 22.3 Å². The van der Waals surface area contributed by atoms with Crippen molar-refractivity contribution in [3.63, 3.8) is 0 Å². The first-order valence-electron chi connectivity index (χ1n) is 15.0. The SMILES string of the molecule is N#Cc1cccc(/C(=C/C(=N)c2ccccc2)N=Cc2cccc(-n3c4ccccc4c4cc5oc6ccccc6c5cc43)c2)c1. The van der Waals surface area contributed by atoms with Gasteiger partial charge in [0.05, 0.1) is 34.1 Å². The van der Waals surface area contributed by atoms with Gasteiger partial charge in [0.25, 0.3) is 0 Å². The van der Waals surface area contributed by atoms with Crippen molar-refractivity contribution in [2.45, 2.75) is 0 Å². The van der Waals surface area contributed by atoms with E-state index in [1.165, 1.54) is 0 Å². The molecule has 0 aliphatic carbocycles. The summed E-state index contributed by atoms with van der Waals surface area (Å²) in [6.07, 6.45) is 3.57. The number of furan rings is 1. The van der Waals surface area contributed by atoms with E-state index in [2.05, 4.69) is 65.2 Å². The fourth-order valence-electron chi connectivity index (χ4n) is 6.13. The molecule has 5 nitrogen and oxygen atoms in total. The maximum Gasteiger partial charge on any atom is 0.136 e. The minimum Gasteiger partial charge on any atom is -0.456 e. The van der Waals surface area contributed by atoms with Gasteiger partial charge in [-0.1, -0.05) is 91.0 Å². The zero-order chi connectivity index (χ0) is 31.0. The first kappa shape index (κ1) is 27.1. The molecular weight excluding hydrogens is 564 g/mol. The maximum absolute atomic E-state index is 9.52. The second kappa shape index (κ2) is 11.2. The van der Waals surface area contributed by atoms with E-state index in [4.69, 9.17) is 14.8 Å². The van der Waals surface area contributed by atoms with Crippen LogP contribution in [0.4, 0.5) is 0 Å². The van der Waals surface area contributed by atoms with Gasteiger partial charge in [-0.05, 0) is 65.7 Å². The van der Waals surface area contributed by atoms with Crippen molar-refractivity contribution in [3.8, 4) is 11.8 Å². The molecule has 0 radical (unpaired) electrons. The molecule has 0 saturated carbocycles. The van der Waals surface area contributed by atoms with Gasteiger partial charge in [0.2, 0.25) is 0 Å². The highest BCUT2D eigenvalue weighted by atomic mass is 16.3. The molecule has 0 fully saturated rings. The number of nitrogens with zero attached hydrogens (tertiary/aromatic N) is 3. The van der Waals surface area contributed by atoms with Gasteiger partial charge < -0.3 is 14.4 Å². The fraction of sp³-hybridized carbons (Fsp3) is 0. The standard InChI is InChI=1S/C41H26N4O/c42-25-27-10-8-14-30(20-27)37(24-36(43)29-12-2-1-3-13-29)44-26-28-11-9-15-31(21-28)45-38-18-6-4-16-32(38)34-23-41-35(22-39(34)45)33-17-5-7-19-40(33)46-41/h1-24,26,43H/b37-24-,43-36?,44-26?. The molecule has 8 aromatic rings. The molecule has 6 aromatic carbocycles. The van der Waals surface area contributed by atoms with Crippen molar-refractivity contribution in [2.75, 3.05) is 0 Å². The quantitative estimate of drug-likeness (QED) is 0.196. The Morgan fingerprint density at radius 2 is 1.41 bits per heavy atom. The fourth-order valence-corrected chi connectivity index (χ4v) is 6.13. The summed E-state index contributed by atoms with van der Waals surface area (Å²) in [6.45, 7) is 0. The van der Waals surface area contributed by atoms with Gasteiger partial charge in [0.1, 0.15) is 11.2 Å². The van der Waals surface area contributed by atoms with Crippen molar-refractivity contribution >= 4 is 61.4 Å². The molecule has 5 heteroatoms. The Labute approximate surface area is 265 Å². The van der Waals surface area contributed by atoms with Crippen LogP contribution in [-0.2, 0) is 0 Å². The van der Waals surface area contributed by atoms with Crippen LogP contribution >= 0.6 is 0 Å². The van der Waals surface area contributed by atoms with E-state index in [-0.39, 0.29) is 0 Å². The van der Waals surface area contributed by atoms with Gasteiger partial charge in [-0.2, -0.15) is 5.26 Å². The predicted molar refractivity (Wildman–Crippen MR) is 188 cm³/mol. The predicted octanol–water partition coefficient (Wildman–Crippen LogP) is 10.1. The molecule has 0 aliphatic rings. The topological polar surface area (TPSA) is 78.1 Å². The lowest BCUT2D eigenvalue weighted by molar-refractivity contribution is 0.669. The number of hydrogen-bond donors (Lipinski definition) is 1. The Kier molecular flexibility index (Phi) is 6.59. The number of para-hydroxylation sites is 2. The van der Waals surface area contributed by atoms with Crippen molar-refractivity contribution < 1.29 is 4.42 Å². The normalized spacial score (nSPS) is 12.0. The highest BCUT2D eigenvalue weighted by Gasteiger charge is 2.16. The molecule has 0 aliphatic heterocycles. The van der Waals surface area contributed by atoms with Gasteiger partial charge >= 0.3 is 0 Å². The first-order valence-corrected chi connectivity index (χ1v) is 15.0. The third kappa shape index (κ3) is 4.75. The molecule has 0 bridgehead atoms. The average molecular weight is 591 g/mol. The van der Waals surface area contributed by atoms with E-state index in [1.807, 2.05) is 79.0 Å². The van der Waals surface area contributed by atoms with Crippen LogP contribution in [0, 0.1) is 16.7 Å². The minimum atomic E-state index is 0.340. The molecule has 1 N–H and O–H groups in total. The highest BCUT2D eigenvalue weighted by molar-refractivity contribution is 6.17. The number of benzene rings is 6. The van der Waals surface area contributed by atoms with Crippen molar-refractivity contribution in [2.24, 2.45) is 4.99 Å². The number of aliphatic imine (C=N–C) groups is 1. The van der Waals surface area contributed by atoms with Crippen LogP contribution in [0.15, 0.2) is 155 Å². The lowest BCUT2D eigenvalue weighted by Crippen LogP contribution is -1.97. The van der Waals surface area contributed by atoms with E-state index < -0.39 is 0 Å². The van der Waals surface area contributed by atoms with Gasteiger partial charge in [0, 0.05) is 39.0 Å². The Morgan fingerprint density at radius 3 is 2.28 bits per heavy atom. The van der Waals surface area contributed by atoms with Gasteiger partial charge in [-0.25, -0.2) is 0 Å². The van der Waals surface area contributed by atoms with E-state index >= 15 is 0 Å². The maximum atomic E-state index is 9.52. The molecule has 0 unspecified atom stereocenters. The zero-order valence-electron chi connectivity index (χ0n) is 24.7. The van der Waals surface area contributed by atoms with Crippen LogP contribution in [0.25, 0.3) is 55.1 Å².